The van der Waals surface area contributed by atoms with Crippen LogP contribution in [0.3, 0.4) is 0 Å². The summed E-state index contributed by atoms with van der Waals surface area (Å²) in [4.78, 5) is 15.0. The van der Waals surface area contributed by atoms with Crippen molar-refractivity contribution in [2.45, 2.75) is 12.9 Å². The van der Waals surface area contributed by atoms with E-state index in [9.17, 15) is 18.0 Å². The van der Waals surface area contributed by atoms with Crippen LogP contribution in [-0.4, -0.2) is 17.4 Å². The summed E-state index contributed by atoms with van der Waals surface area (Å²) in [6.45, 7) is 0.168. The van der Waals surface area contributed by atoms with Crippen LogP contribution in [0, 0.1) is 0 Å². The first-order valence-electron chi connectivity index (χ1n) is 7.36. The highest BCUT2D eigenvalue weighted by molar-refractivity contribution is 6.00. The largest absolute Gasteiger partial charge is 0.573 e. The highest BCUT2D eigenvalue weighted by Crippen LogP contribution is 2.23. The van der Waals surface area contributed by atoms with Crippen molar-refractivity contribution in [3.8, 4) is 5.75 Å². The summed E-state index contributed by atoms with van der Waals surface area (Å²) in [5, 5.41) is 6.27. The molecule has 0 fully saturated rings. The third-order valence-electron chi connectivity index (χ3n) is 3.45. The summed E-state index contributed by atoms with van der Waals surface area (Å²) in [6.07, 6.45) is -2.95. The Labute approximate surface area is 140 Å². The van der Waals surface area contributed by atoms with Gasteiger partial charge in [-0.2, -0.15) is 0 Å². The lowest BCUT2D eigenvalue weighted by Gasteiger charge is -2.10. The van der Waals surface area contributed by atoms with Crippen molar-refractivity contribution in [2.24, 2.45) is 0 Å². The van der Waals surface area contributed by atoms with Gasteiger partial charge in [0.15, 0.2) is 0 Å². The quantitative estimate of drug-likeness (QED) is 0.654. The number of benzene rings is 2. The van der Waals surface area contributed by atoms with Gasteiger partial charge >= 0.3 is 12.4 Å². The van der Waals surface area contributed by atoms with Gasteiger partial charge in [-0.1, -0.05) is 18.2 Å². The molecule has 1 heterocycles. The molecule has 0 aliphatic heterocycles. The van der Waals surface area contributed by atoms with Crippen molar-refractivity contribution in [1.29, 1.82) is 0 Å². The number of carbonyl (C=O) groups is 1. The van der Waals surface area contributed by atoms with Crippen molar-refractivity contribution in [1.82, 2.24) is 10.3 Å². The zero-order valence-corrected chi connectivity index (χ0v) is 12.9. The van der Waals surface area contributed by atoms with Gasteiger partial charge in [-0.15, -0.1) is 13.2 Å². The van der Waals surface area contributed by atoms with E-state index in [1.807, 2.05) is 18.2 Å². The van der Waals surface area contributed by atoms with Gasteiger partial charge < -0.3 is 20.4 Å². The molecule has 2 amide bonds. The first kappa shape index (κ1) is 16.7. The Hall–Kier alpha value is -3.16. The van der Waals surface area contributed by atoms with E-state index in [0.717, 1.165) is 10.9 Å². The highest BCUT2D eigenvalue weighted by atomic mass is 19.4. The molecule has 3 aromatic rings. The number of H-pyrrole nitrogens is 1. The summed E-state index contributed by atoms with van der Waals surface area (Å²) >= 11 is 0. The molecule has 0 radical (unpaired) electrons. The van der Waals surface area contributed by atoms with Crippen molar-refractivity contribution >= 4 is 22.6 Å². The summed E-state index contributed by atoms with van der Waals surface area (Å²) in [6, 6.07) is 12.2. The first-order valence-corrected chi connectivity index (χ1v) is 7.36. The van der Waals surface area contributed by atoms with Crippen molar-refractivity contribution in [3.63, 3.8) is 0 Å². The molecule has 0 atom stereocenters. The second kappa shape index (κ2) is 6.76. The lowest BCUT2D eigenvalue weighted by Crippen LogP contribution is -2.28. The topological polar surface area (TPSA) is 66.2 Å². The smallest absolute Gasteiger partial charge is 0.406 e. The van der Waals surface area contributed by atoms with Gasteiger partial charge in [0, 0.05) is 23.6 Å². The summed E-state index contributed by atoms with van der Waals surface area (Å²) in [5.74, 6) is -0.306. The number of aromatic nitrogens is 1. The number of rotatable bonds is 4. The van der Waals surface area contributed by atoms with Crippen molar-refractivity contribution in [3.05, 3.63) is 60.3 Å². The molecule has 3 rings (SSSR count). The third-order valence-corrected chi connectivity index (χ3v) is 3.45. The van der Waals surface area contributed by atoms with Gasteiger partial charge in [-0.3, -0.25) is 0 Å². The fourth-order valence-electron chi connectivity index (χ4n) is 2.35. The Morgan fingerprint density at radius 2 is 1.84 bits per heavy atom. The fourth-order valence-corrected chi connectivity index (χ4v) is 2.35. The molecule has 0 unspecified atom stereocenters. The molecule has 0 bridgehead atoms. The minimum absolute atomic E-state index is 0.168. The van der Waals surface area contributed by atoms with E-state index >= 15 is 0 Å². The maximum Gasteiger partial charge on any atom is 0.573 e. The van der Waals surface area contributed by atoms with Crippen LogP contribution in [0.5, 0.6) is 5.75 Å². The lowest BCUT2D eigenvalue weighted by atomic mass is 10.2. The van der Waals surface area contributed by atoms with Crippen LogP contribution >= 0.6 is 0 Å². The average Bonchev–Trinajstić information content (AvgIpc) is 3.02. The van der Waals surface area contributed by atoms with Gasteiger partial charge in [0.05, 0.1) is 5.69 Å². The number of anilines is 1. The summed E-state index contributed by atoms with van der Waals surface area (Å²) in [5.41, 5.74) is 2.20. The highest BCUT2D eigenvalue weighted by Gasteiger charge is 2.30. The number of urea groups is 1. The van der Waals surface area contributed by atoms with Crippen LogP contribution in [0.25, 0.3) is 10.9 Å². The number of hydrogen-bond acceptors (Lipinski definition) is 2. The number of amides is 2. The molecule has 0 saturated carbocycles. The predicted octanol–water partition coefficient (Wildman–Crippen LogP) is 4.39. The van der Waals surface area contributed by atoms with Gasteiger partial charge in [-0.25, -0.2) is 4.79 Å². The first-order chi connectivity index (χ1) is 11.9. The van der Waals surface area contributed by atoms with E-state index < -0.39 is 12.4 Å². The Bertz CT molecular complexity index is 873. The minimum atomic E-state index is -4.72. The number of carbonyl (C=O) groups excluding carboxylic acids is 1. The molecule has 5 nitrogen and oxygen atoms in total. The Kier molecular flexibility index (Phi) is 4.51. The van der Waals surface area contributed by atoms with Crippen LogP contribution in [0.2, 0.25) is 0 Å². The van der Waals surface area contributed by atoms with Gasteiger partial charge in [-0.05, 0) is 35.9 Å². The normalized spacial score (nSPS) is 11.3. The predicted molar refractivity (Wildman–Crippen MR) is 87.3 cm³/mol. The van der Waals surface area contributed by atoms with Crippen molar-refractivity contribution in [2.75, 3.05) is 5.32 Å². The Balaban J connectivity index is 1.56. The monoisotopic (exact) mass is 349 g/mol. The summed E-state index contributed by atoms with van der Waals surface area (Å²) < 4.78 is 40.1. The molecule has 25 heavy (non-hydrogen) atoms. The number of ether oxygens (including phenoxy) is 1. The second-order valence-electron chi connectivity index (χ2n) is 5.24. The molecule has 0 aliphatic rings. The van der Waals surface area contributed by atoms with Crippen LogP contribution in [-0.2, 0) is 6.54 Å². The van der Waals surface area contributed by atoms with Crippen LogP contribution in [0.1, 0.15) is 5.56 Å². The third kappa shape index (κ3) is 4.43. The Morgan fingerprint density at radius 1 is 1.08 bits per heavy atom. The van der Waals surface area contributed by atoms with Crippen LogP contribution < -0.4 is 15.4 Å². The summed E-state index contributed by atoms with van der Waals surface area (Å²) in [7, 11) is 0. The fraction of sp³-hybridized carbons (Fsp3) is 0.118. The molecule has 3 N–H and O–H groups in total. The molecule has 130 valence electrons. The standard InChI is InChI=1S/C17H14F3N3O2/c18-17(19,20)25-12-6-4-11(5-7-12)10-22-16(24)23-15-3-1-2-14-13(15)8-9-21-14/h1-9,21H,10H2,(H2,22,23,24). The minimum Gasteiger partial charge on any atom is -0.406 e. The SMILES string of the molecule is O=C(NCc1ccc(OC(F)(F)F)cc1)Nc1cccc2[nH]ccc12. The van der Waals surface area contributed by atoms with E-state index in [-0.39, 0.29) is 12.3 Å². The lowest BCUT2D eigenvalue weighted by molar-refractivity contribution is -0.274. The van der Waals surface area contributed by atoms with E-state index in [0.29, 0.717) is 11.3 Å². The molecule has 1 aromatic heterocycles. The van der Waals surface area contributed by atoms with Crippen molar-refractivity contribution < 1.29 is 22.7 Å². The maximum absolute atomic E-state index is 12.1. The molecular weight excluding hydrogens is 335 g/mol. The molecule has 8 heteroatoms. The zero-order valence-electron chi connectivity index (χ0n) is 12.9. The van der Waals surface area contributed by atoms with E-state index in [4.69, 9.17) is 0 Å². The number of alkyl halides is 3. The second-order valence-corrected chi connectivity index (χ2v) is 5.24. The van der Waals surface area contributed by atoms with E-state index in [1.165, 1.54) is 24.3 Å². The molecular formula is C17H14F3N3O2. The number of aromatic amines is 1. The van der Waals surface area contributed by atoms with Gasteiger partial charge in [0.2, 0.25) is 0 Å². The average molecular weight is 349 g/mol. The van der Waals surface area contributed by atoms with Crippen LogP contribution in [0.4, 0.5) is 23.7 Å². The number of nitrogens with one attached hydrogen (secondary N) is 3. The van der Waals surface area contributed by atoms with Crippen LogP contribution in [0.15, 0.2) is 54.7 Å². The van der Waals surface area contributed by atoms with Gasteiger partial charge in [0.1, 0.15) is 5.75 Å². The molecule has 0 spiro atoms. The maximum atomic E-state index is 12.1. The number of hydrogen-bond donors (Lipinski definition) is 3. The molecule has 0 aliphatic carbocycles. The zero-order chi connectivity index (χ0) is 17.9. The van der Waals surface area contributed by atoms with E-state index in [2.05, 4.69) is 20.4 Å². The number of halogens is 3. The number of fused-ring (bicyclic) bond motifs is 1. The molecule has 0 saturated heterocycles. The van der Waals surface area contributed by atoms with E-state index in [1.54, 1.807) is 12.3 Å². The Morgan fingerprint density at radius 3 is 2.56 bits per heavy atom. The van der Waals surface area contributed by atoms with Gasteiger partial charge in [0.25, 0.3) is 0 Å². The molecule has 2 aromatic carbocycles.